The fourth-order valence-electron chi connectivity index (χ4n) is 3.49. The minimum absolute atomic E-state index is 0.0159. The molecule has 4 heterocycles. The van der Waals surface area contributed by atoms with Crippen molar-refractivity contribution in [1.29, 1.82) is 0 Å². The molecule has 0 aliphatic carbocycles. The van der Waals surface area contributed by atoms with E-state index in [2.05, 4.69) is 25.2 Å². The standard InChI is InChI=1S/C17H19N5O2/c23-16(21-13-3-1-5-18-10-13)12-9-15-14(4-8-24-15)22(11-12)17-19-6-2-7-20-17/h1-3,5-7,10,12,14-15H,4,8-9,11H2,(H,21,23)/t12-,14-,15-/m0/s1. The molecule has 4 rings (SSSR count). The molecule has 2 fully saturated rings. The number of ether oxygens (including phenoxy) is 1. The lowest BCUT2D eigenvalue weighted by atomic mass is 9.89. The third-order valence-corrected chi connectivity index (χ3v) is 4.62. The maximum Gasteiger partial charge on any atom is 0.229 e. The van der Waals surface area contributed by atoms with E-state index < -0.39 is 0 Å². The van der Waals surface area contributed by atoms with Gasteiger partial charge in [0.05, 0.1) is 29.9 Å². The molecular formula is C17H19N5O2. The van der Waals surface area contributed by atoms with E-state index in [1.165, 1.54) is 0 Å². The minimum atomic E-state index is -0.173. The van der Waals surface area contributed by atoms with Crippen molar-refractivity contribution in [3.05, 3.63) is 43.0 Å². The van der Waals surface area contributed by atoms with Gasteiger partial charge in [0.25, 0.3) is 0 Å². The maximum atomic E-state index is 12.7. The number of amides is 1. The zero-order valence-electron chi connectivity index (χ0n) is 13.2. The molecule has 0 bridgehead atoms. The third kappa shape index (κ3) is 2.94. The van der Waals surface area contributed by atoms with Crippen molar-refractivity contribution in [3.63, 3.8) is 0 Å². The van der Waals surface area contributed by atoms with Crippen LogP contribution in [0.2, 0.25) is 0 Å². The highest BCUT2D eigenvalue weighted by molar-refractivity contribution is 5.93. The molecule has 1 amide bonds. The van der Waals surface area contributed by atoms with Crippen molar-refractivity contribution in [1.82, 2.24) is 15.0 Å². The maximum absolute atomic E-state index is 12.7. The Morgan fingerprint density at radius 2 is 2.12 bits per heavy atom. The van der Waals surface area contributed by atoms with Gasteiger partial charge in [0.2, 0.25) is 11.9 Å². The highest BCUT2D eigenvalue weighted by Crippen LogP contribution is 2.33. The van der Waals surface area contributed by atoms with Gasteiger partial charge in [0.15, 0.2) is 0 Å². The zero-order valence-corrected chi connectivity index (χ0v) is 13.2. The molecule has 0 saturated carbocycles. The third-order valence-electron chi connectivity index (χ3n) is 4.62. The van der Waals surface area contributed by atoms with Crippen molar-refractivity contribution in [2.24, 2.45) is 5.92 Å². The van der Waals surface area contributed by atoms with E-state index in [0.29, 0.717) is 18.2 Å². The second-order valence-corrected chi connectivity index (χ2v) is 6.13. The largest absolute Gasteiger partial charge is 0.376 e. The number of carbonyl (C=O) groups excluding carboxylic acids is 1. The molecule has 0 unspecified atom stereocenters. The smallest absolute Gasteiger partial charge is 0.229 e. The van der Waals surface area contributed by atoms with E-state index in [1.54, 1.807) is 36.9 Å². The van der Waals surface area contributed by atoms with E-state index in [0.717, 1.165) is 19.4 Å². The number of anilines is 2. The van der Waals surface area contributed by atoms with Gasteiger partial charge in [0.1, 0.15) is 0 Å². The number of piperidine rings is 1. The molecule has 7 heteroatoms. The normalized spacial score (nSPS) is 26.0. The monoisotopic (exact) mass is 325 g/mol. The molecule has 24 heavy (non-hydrogen) atoms. The van der Waals surface area contributed by atoms with Gasteiger partial charge in [-0.2, -0.15) is 0 Å². The Morgan fingerprint density at radius 3 is 2.92 bits per heavy atom. The summed E-state index contributed by atoms with van der Waals surface area (Å²) in [7, 11) is 0. The Bertz CT molecular complexity index is 697. The average molecular weight is 325 g/mol. The van der Waals surface area contributed by atoms with E-state index in [1.807, 2.05) is 6.07 Å². The Morgan fingerprint density at radius 1 is 1.25 bits per heavy atom. The second kappa shape index (κ2) is 6.52. The van der Waals surface area contributed by atoms with Crippen molar-refractivity contribution >= 4 is 17.5 Å². The SMILES string of the molecule is O=C(Nc1cccnc1)[C@H]1C[C@@H]2OCC[C@@H]2N(c2ncccn2)C1. The topological polar surface area (TPSA) is 80.2 Å². The van der Waals surface area contributed by atoms with Gasteiger partial charge in [-0.15, -0.1) is 0 Å². The summed E-state index contributed by atoms with van der Waals surface area (Å²) < 4.78 is 5.85. The number of aromatic nitrogens is 3. The van der Waals surface area contributed by atoms with Crippen molar-refractivity contribution < 1.29 is 9.53 Å². The van der Waals surface area contributed by atoms with E-state index in [4.69, 9.17) is 4.74 Å². The van der Waals surface area contributed by atoms with Gasteiger partial charge < -0.3 is 15.0 Å². The Kier molecular flexibility index (Phi) is 4.08. The number of rotatable bonds is 3. The molecule has 2 aliphatic rings. The van der Waals surface area contributed by atoms with Crippen LogP contribution in [0.3, 0.4) is 0 Å². The number of nitrogens with zero attached hydrogens (tertiary/aromatic N) is 4. The number of nitrogens with one attached hydrogen (secondary N) is 1. The first kappa shape index (κ1) is 15.0. The fraction of sp³-hybridized carbons (Fsp3) is 0.412. The van der Waals surface area contributed by atoms with Crippen LogP contribution < -0.4 is 10.2 Å². The molecule has 3 atom stereocenters. The summed E-state index contributed by atoms with van der Waals surface area (Å²) in [5.74, 6) is 0.475. The summed E-state index contributed by atoms with van der Waals surface area (Å²) in [5.41, 5.74) is 0.708. The molecule has 7 nitrogen and oxygen atoms in total. The molecular weight excluding hydrogens is 306 g/mol. The second-order valence-electron chi connectivity index (χ2n) is 6.13. The number of hydrogen-bond acceptors (Lipinski definition) is 6. The van der Waals surface area contributed by atoms with Crippen LogP contribution in [0, 0.1) is 5.92 Å². The van der Waals surface area contributed by atoms with E-state index >= 15 is 0 Å². The van der Waals surface area contributed by atoms with Crippen molar-refractivity contribution in [2.75, 3.05) is 23.4 Å². The molecule has 2 saturated heterocycles. The molecule has 1 N–H and O–H groups in total. The van der Waals surface area contributed by atoms with Gasteiger partial charge in [-0.1, -0.05) is 0 Å². The summed E-state index contributed by atoms with van der Waals surface area (Å²) in [6.45, 7) is 1.32. The Balaban J connectivity index is 1.53. The van der Waals surface area contributed by atoms with Crippen LogP contribution in [0.25, 0.3) is 0 Å². The molecule has 2 aromatic heterocycles. The van der Waals surface area contributed by atoms with Crippen LogP contribution in [0.4, 0.5) is 11.6 Å². The van der Waals surface area contributed by atoms with Crippen molar-refractivity contribution in [2.45, 2.75) is 25.0 Å². The molecule has 0 radical (unpaired) electrons. The quantitative estimate of drug-likeness (QED) is 0.921. The highest BCUT2D eigenvalue weighted by atomic mass is 16.5. The van der Waals surface area contributed by atoms with Gasteiger partial charge >= 0.3 is 0 Å². The van der Waals surface area contributed by atoms with E-state index in [-0.39, 0.29) is 24.0 Å². The van der Waals surface area contributed by atoms with Gasteiger partial charge in [-0.25, -0.2) is 9.97 Å². The number of pyridine rings is 1. The predicted molar refractivity (Wildman–Crippen MR) is 88.5 cm³/mol. The summed E-state index contributed by atoms with van der Waals surface area (Å²) >= 11 is 0. The van der Waals surface area contributed by atoms with Crippen LogP contribution in [-0.4, -0.2) is 46.2 Å². The molecule has 2 aromatic rings. The summed E-state index contributed by atoms with van der Waals surface area (Å²) in [6, 6.07) is 5.68. The van der Waals surface area contributed by atoms with Crippen LogP contribution in [0.15, 0.2) is 43.0 Å². The predicted octanol–water partition coefficient (Wildman–Crippen LogP) is 1.49. The molecule has 124 valence electrons. The van der Waals surface area contributed by atoms with Crippen LogP contribution in [-0.2, 0) is 9.53 Å². The summed E-state index contributed by atoms with van der Waals surface area (Å²) in [6.07, 6.45) is 8.50. The lowest BCUT2D eigenvalue weighted by Crippen LogP contribution is -2.52. The lowest BCUT2D eigenvalue weighted by Gasteiger charge is -2.40. The lowest BCUT2D eigenvalue weighted by molar-refractivity contribution is -0.121. The Labute approximate surface area is 140 Å². The van der Waals surface area contributed by atoms with Crippen LogP contribution in [0.5, 0.6) is 0 Å². The fourth-order valence-corrected chi connectivity index (χ4v) is 3.49. The minimum Gasteiger partial charge on any atom is -0.376 e. The molecule has 2 aliphatic heterocycles. The van der Waals surface area contributed by atoms with E-state index in [9.17, 15) is 4.79 Å². The number of hydrogen-bond donors (Lipinski definition) is 1. The van der Waals surface area contributed by atoms with Crippen molar-refractivity contribution in [3.8, 4) is 0 Å². The summed E-state index contributed by atoms with van der Waals surface area (Å²) in [5, 5.41) is 2.94. The number of fused-ring (bicyclic) bond motifs is 1. The zero-order chi connectivity index (χ0) is 16.4. The Hall–Kier alpha value is -2.54. The molecule has 0 spiro atoms. The van der Waals surface area contributed by atoms with Gasteiger partial charge in [-0.3, -0.25) is 9.78 Å². The first-order chi connectivity index (χ1) is 11.8. The molecule has 0 aromatic carbocycles. The first-order valence-corrected chi connectivity index (χ1v) is 8.17. The van der Waals surface area contributed by atoms with Crippen LogP contribution in [0.1, 0.15) is 12.8 Å². The first-order valence-electron chi connectivity index (χ1n) is 8.17. The highest BCUT2D eigenvalue weighted by Gasteiger charge is 2.43. The average Bonchev–Trinajstić information content (AvgIpc) is 3.11. The van der Waals surface area contributed by atoms with Gasteiger partial charge in [-0.05, 0) is 31.0 Å². The number of carbonyl (C=O) groups is 1. The summed E-state index contributed by atoms with van der Waals surface area (Å²) in [4.78, 5) is 27.5. The van der Waals surface area contributed by atoms with Gasteiger partial charge in [0, 0.05) is 31.7 Å². The van der Waals surface area contributed by atoms with Crippen LogP contribution >= 0.6 is 0 Å².